The Morgan fingerprint density at radius 3 is 2.33 bits per heavy atom. The highest BCUT2D eigenvalue weighted by Gasteiger charge is 2.35. The van der Waals surface area contributed by atoms with Crippen molar-refractivity contribution < 1.29 is 23.8 Å². The van der Waals surface area contributed by atoms with Crippen molar-refractivity contribution in [1.29, 1.82) is 0 Å². The first-order valence-electron chi connectivity index (χ1n) is 14.6. The second kappa shape index (κ2) is 12.4. The highest BCUT2D eigenvalue weighted by Crippen LogP contribution is 2.35. The van der Waals surface area contributed by atoms with E-state index in [1.807, 2.05) is 54.6 Å². The van der Waals surface area contributed by atoms with E-state index in [1.165, 1.54) is 23.5 Å². The van der Waals surface area contributed by atoms with Crippen molar-refractivity contribution in [2.24, 2.45) is 4.99 Å². The minimum absolute atomic E-state index is 0.174. The van der Waals surface area contributed by atoms with Crippen LogP contribution < -0.4 is 14.9 Å². The maximum Gasteiger partial charge on any atom is 0.338 e. The van der Waals surface area contributed by atoms with Gasteiger partial charge in [-0.15, -0.1) is 0 Å². The summed E-state index contributed by atoms with van der Waals surface area (Å²) in [7, 11) is 0. The van der Waals surface area contributed by atoms with Gasteiger partial charge >= 0.3 is 11.9 Å². The Bertz CT molecular complexity index is 2100. The number of carbonyl (C=O) groups excluding carboxylic acids is 1. The zero-order chi connectivity index (χ0) is 31.7. The molecular weight excluding hydrogens is 588 g/mol. The first kappa shape index (κ1) is 29.8. The monoisotopic (exact) mass is 618 g/mol. The molecule has 1 aliphatic rings. The summed E-state index contributed by atoms with van der Waals surface area (Å²) >= 11 is 1.22. The van der Waals surface area contributed by atoms with Crippen LogP contribution >= 0.6 is 11.3 Å². The van der Waals surface area contributed by atoms with Crippen molar-refractivity contribution in [1.82, 2.24) is 4.57 Å². The fraction of sp³-hybridized carbons (Fsp3) is 0.167. The van der Waals surface area contributed by atoms with Crippen LogP contribution in [0.3, 0.4) is 0 Å². The highest BCUT2D eigenvalue weighted by molar-refractivity contribution is 7.07. The summed E-state index contributed by atoms with van der Waals surface area (Å²) in [5.41, 5.74) is 3.98. The number of nitrogens with zero attached hydrogens (tertiary/aromatic N) is 2. The van der Waals surface area contributed by atoms with Gasteiger partial charge in [-0.25, -0.2) is 14.6 Å². The maximum atomic E-state index is 14.1. The Balaban J connectivity index is 1.52. The number of thiazole rings is 1. The van der Waals surface area contributed by atoms with E-state index in [0.717, 1.165) is 16.7 Å². The maximum absolute atomic E-state index is 14.1. The van der Waals surface area contributed by atoms with E-state index in [4.69, 9.17) is 14.1 Å². The normalized spacial score (nSPS) is 14.8. The van der Waals surface area contributed by atoms with E-state index in [9.17, 15) is 19.5 Å². The lowest BCUT2D eigenvalue weighted by atomic mass is 9.91. The average Bonchev–Trinajstić information content (AvgIpc) is 3.64. The number of ether oxygens (including phenoxy) is 1. The molecule has 0 unspecified atom stereocenters. The lowest BCUT2D eigenvalue weighted by Crippen LogP contribution is -2.40. The molecule has 5 aromatic rings. The summed E-state index contributed by atoms with van der Waals surface area (Å²) < 4.78 is 13.5. The molecule has 0 saturated carbocycles. The fourth-order valence-corrected chi connectivity index (χ4v) is 6.29. The molecule has 3 heterocycles. The van der Waals surface area contributed by atoms with Crippen LogP contribution in [0.1, 0.15) is 65.5 Å². The quantitative estimate of drug-likeness (QED) is 0.213. The SMILES string of the molecule is CCOC(=O)C1=C(c2ccccc2)N=c2s/c(=C\c3ccc(-c4ccc(C(=O)O)cc4)o3)c(=O)n2[C@H]1c1ccc(C(C)C)cc1. The molecule has 0 amide bonds. The van der Waals surface area contributed by atoms with Gasteiger partial charge in [-0.1, -0.05) is 91.9 Å². The number of fused-ring (bicyclic) bond motifs is 1. The Morgan fingerprint density at radius 1 is 0.978 bits per heavy atom. The first-order chi connectivity index (χ1) is 21.7. The second-order valence-corrected chi connectivity index (χ2v) is 11.8. The van der Waals surface area contributed by atoms with Crippen LogP contribution in [-0.2, 0) is 9.53 Å². The van der Waals surface area contributed by atoms with Gasteiger partial charge in [-0.2, -0.15) is 0 Å². The largest absolute Gasteiger partial charge is 0.478 e. The van der Waals surface area contributed by atoms with Gasteiger partial charge in [0.1, 0.15) is 11.5 Å². The van der Waals surface area contributed by atoms with Crippen LogP contribution in [0.25, 0.3) is 23.1 Å². The minimum atomic E-state index is -1.01. The summed E-state index contributed by atoms with van der Waals surface area (Å²) in [6.45, 7) is 6.15. The predicted octanol–water partition coefficient (Wildman–Crippen LogP) is 6.02. The van der Waals surface area contributed by atoms with Gasteiger partial charge in [0.2, 0.25) is 0 Å². The molecule has 0 aliphatic carbocycles. The molecule has 0 bridgehead atoms. The zero-order valence-corrected chi connectivity index (χ0v) is 25.7. The van der Waals surface area contributed by atoms with E-state index < -0.39 is 18.0 Å². The first-order valence-corrected chi connectivity index (χ1v) is 15.4. The standard InChI is InChI=1S/C36H30N2O6S/c1-4-43-35(42)30-31(24-8-6-5-7-9-24)37-36-38(32(30)25-14-10-22(11-15-25)21(2)3)33(39)29(45-36)20-27-18-19-28(44-27)23-12-16-26(17-13-23)34(40)41/h5-21,32H,4H2,1-3H3,(H,40,41)/b29-20-/t32-/m0/s1. The number of aromatic carboxylic acids is 1. The van der Waals surface area contributed by atoms with Crippen LogP contribution in [0, 0.1) is 0 Å². The Kier molecular flexibility index (Phi) is 8.19. The Labute approximate surface area is 262 Å². The second-order valence-electron chi connectivity index (χ2n) is 10.8. The molecular formula is C36H30N2O6S. The number of hydrogen-bond acceptors (Lipinski definition) is 7. The van der Waals surface area contributed by atoms with Crippen molar-refractivity contribution in [3.63, 3.8) is 0 Å². The number of benzene rings is 3. The molecule has 9 heteroatoms. The number of furan rings is 1. The predicted molar refractivity (Wildman–Crippen MR) is 173 cm³/mol. The van der Waals surface area contributed by atoms with Crippen molar-refractivity contribution in [3.8, 4) is 11.3 Å². The van der Waals surface area contributed by atoms with Crippen molar-refractivity contribution in [2.45, 2.75) is 32.7 Å². The number of carboxylic acids is 1. The number of rotatable bonds is 8. The summed E-state index contributed by atoms with van der Waals surface area (Å²) in [6.07, 6.45) is 1.66. The molecule has 226 valence electrons. The molecule has 3 aromatic carbocycles. The Hall–Kier alpha value is -5.28. The lowest BCUT2D eigenvalue weighted by Gasteiger charge is -2.26. The van der Waals surface area contributed by atoms with E-state index in [-0.39, 0.29) is 17.7 Å². The third kappa shape index (κ3) is 5.82. The molecule has 0 radical (unpaired) electrons. The van der Waals surface area contributed by atoms with Gasteiger partial charge in [0.15, 0.2) is 4.80 Å². The van der Waals surface area contributed by atoms with Crippen LogP contribution in [0.2, 0.25) is 0 Å². The molecule has 8 nitrogen and oxygen atoms in total. The summed E-state index contributed by atoms with van der Waals surface area (Å²) in [5, 5.41) is 9.19. The average molecular weight is 619 g/mol. The van der Waals surface area contributed by atoms with Crippen LogP contribution in [-0.4, -0.2) is 28.2 Å². The van der Waals surface area contributed by atoms with Crippen molar-refractivity contribution in [2.75, 3.05) is 6.61 Å². The number of carbonyl (C=O) groups is 2. The third-order valence-corrected chi connectivity index (χ3v) is 8.59. The highest BCUT2D eigenvalue weighted by atomic mass is 32.1. The molecule has 2 aromatic heterocycles. The van der Waals surface area contributed by atoms with Crippen LogP contribution in [0.5, 0.6) is 0 Å². The van der Waals surface area contributed by atoms with Crippen LogP contribution in [0.4, 0.5) is 0 Å². The minimum Gasteiger partial charge on any atom is -0.478 e. The van der Waals surface area contributed by atoms with Gasteiger partial charge in [-0.3, -0.25) is 9.36 Å². The fourth-order valence-electron chi connectivity index (χ4n) is 5.31. The van der Waals surface area contributed by atoms with E-state index in [1.54, 1.807) is 41.8 Å². The molecule has 6 rings (SSSR count). The van der Waals surface area contributed by atoms with Gasteiger partial charge in [0.05, 0.1) is 34.0 Å². The molecule has 0 spiro atoms. The van der Waals surface area contributed by atoms with Gasteiger partial charge in [0, 0.05) is 17.2 Å². The molecule has 1 atom stereocenters. The number of aromatic nitrogens is 1. The molecule has 1 N–H and O–H groups in total. The van der Waals surface area contributed by atoms with Gasteiger partial charge in [0.25, 0.3) is 5.56 Å². The van der Waals surface area contributed by atoms with Gasteiger partial charge in [-0.05, 0) is 48.2 Å². The summed E-state index contributed by atoms with van der Waals surface area (Å²) in [6, 6.07) is 26.5. The van der Waals surface area contributed by atoms with E-state index in [2.05, 4.69) is 13.8 Å². The van der Waals surface area contributed by atoms with E-state index >= 15 is 0 Å². The molecule has 45 heavy (non-hydrogen) atoms. The molecule has 1 aliphatic heterocycles. The third-order valence-electron chi connectivity index (χ3n) is 7.61. The van der Waals surface area contributed by atoms with E-state index in [0.29, 0.717) is 43.6 Å². The Morgan fingerprint density at radius 2 is 1.69 bits per heavy atom. The van der Waals surface area contributed by atoms with Gasteiger partial charge < -0.3 is 14.3 Å². The smallest absolute Gasteiger partial charge is 0.338 e. The topological polar surface area (TPSA) is 111 Å². The molecule has 0 fully saturated rings. The summed E-state index contributed by atoms with van der Waals surface area (Å²) in [4.78, 5) is 44.3. The molecule has 0 saturated heterocycles. The number of esters is 1. The number of carboxylic acid groups (broad SMARTS) is 1. The van der Waals surface area contributed by atoms with Crippen molar-refractivity contribution >= 4 is 35.0 Å². The number of hydrogen-bond donors (Lipinski definition) is 1. The summed E-state index contributed by atoms with van der Waals surface area (Å²) in [5.74, 6) is -0.243. The van der Waals surface area contributed by atoms with Crippen molar-refractivity contribution in [3.05, 3.63) is 144 Å². The lowest BCUT2D eigenvalue weighted by molar-refractivity contribution is -0.138. The zero-order valence-electron chi connectivity index (χ0n) is 24.9. The van der Waals surface area contributed by atoms with Crippen LogP contribution in [0.15, 0.2) is 111 Å².